The molecule has 1 aromatic rings. The summed E-state index contributed by atoms with van der Waals surface area (Å²) < 4.78 is 5.72. The van der Waals surface area contributed by atoms with Gasteiger partial charge in [-0.15, -0.1) is 24.0 Å². The predicted octanol–water partition coefficient (Wildman–Crippen LogP) is 2.23. The van der Waals surface area contributed by atoms with Crippen LogP contribution in [0.4, 0.5) is 0 Å². The first-order chi connectivity index (χ1) is 13.8. The molecule has 0 radical (unpaired) electrons. The summed E-state index contributed by atoms with van der Waals surface area (Å²) in [6, 6.07) is 4.29. The van der Waals surface area contributed by atoms with Gasteiger partial charge in [-0.2, -0.15) is 0 Å². The van der Waals surface area contributed by atoms with E-state index in [-0.39, 0.29) is 30.0 Å². The van der Waals surface area contributed by atoms with Crippen LogP contribution >= 0.6 is 24.0 Å². The van der Waals surface area contributed by atoms with E-state index in [0.29, 0.717) is 0 Å². The molecule has 1 atom stereocenters. The number of nitrogens with one attached hydrogen (secondary N) is 2. The quantitative estimate of drug-likeness (QED) is 0.313. The average molecular weight is 518 g/mol. The normalized spacial score (nSPS) is 20.8. The monoisotopic (exact) mass is 518 g/mol. The summed E-state index contributed by atoms with van der Waals surface area (Å²) >= 11 is 0. The minimum atomic E-state index is 0. The average Bonchev–Trinajstić information content (AvgIpc) is 3.37. The molecular weight excluding hydrogens is 479 g/mol. The second-order valence-electron chi connectivity index (χ2n) is 7.92. The van der Waals surface area contributed by atoms with Gasteiger partial charge in [0.1, 0.15) is 5.76 Å². The lowest BCUT2D eigenvalue weighted by atomic mass is 10.2. The fraction of sp³-hybridized carbons (Fsp3) is 0.762. The van der Waals surface area contributed by atoms with Crippen LogP contribution in [-0.2, 0) is 0 Å². The Kier molecular flexibility index (Phi) is 11.3. The van der Waals surface area contributed by atoms with Crippen molar-refractivity contribution in [3.63, 3.8) is 0 Å². The summed E-state index contributed by atoms with van der Waals surface area (Å²) in [7, 11) is 2.22. The number of hydrogen-bond acceptors (Lipinski definition) is 5. The summed E-state index contributed by atoms with van der Waals surface area (Å²) in [5.41, 5.74) is 0. The van der Waals surface area contributed by atoms with E-state index in [1.54, 1.807) is 6.26 Å². The van der Waals surface area contributed by atoms with Gasteiger partial charge in [0.05, 0.1) is 18.8 Å². The molecule has 3 rings (SSSR count). The molecule has 0 amide bonds. The molecule has 2 N–H and O–H groups in total. The van der Waals surface area contributed by atoms with Crippen molar-refractivity contribution in [1.29, 1.82) is 0 Å². The maximum absolute atomic E-state index is 5.72. The second-order valence-corrected chi connectivity index (χ2v) is 7.92. The number of nitrogens with zero attached hydrogens (tertiary/aromatic N) is 4. The molecule has 7 nitrogen and oxygen atoms in total. The number of hydrogen-bond donors (Lipinski definition) is 2. The fourth-order valence-corrected chi connectivity index (χ4v) is 4.10. The lowest BCUT2D eigenvalue weighted by Crippen LogP contribution is -2.42. The van der Waals surface area contributed by atoms with Crippen LogP contribution in [0.5, 0.6) is 0 Å². The molecule has 0 saturated carbocycles. The van der Waals surface area contributed by atoms with Crippen LogP contribution in [0.25, 0.3) is 0 Å². The Bertz CT molecular complexity index is 576. The zero-order chi connectivity index (χ0) is 19.6. The van der Waals surface area contributed by atoms with Gasteiger partial charge in [0.2, 0.25) is 0 Å². The zero-order valence-electron chi connectivity index (χ0n) is 18.1. The molecule has 2 aliphatic rings. The van der Waals surface area contributed by atoms with Crippen molar-refractivity contribution in [2.75, 3.05) is 72.5 Å². The standard InChI is InChI=1S/C21H38N6O.HI/c1-3-22-21(23-9-14-26-11-7-10-25(2)15-16-26)24-18-19(20-8-6-17-28-20)27-12-4-5-13-27;/h6,8,17,19H,3-5,7,9-16,18H2,1-2H3,(H2,22,23,24);1H. The van der Waals surface area contributed by atoms with Gasteiger partial charge in [-0.05, 0) is 71.5 Å². The third-order valence-electron chi connectivity index (χ3n) is 5.75. The van der Waals surface area contributed by atoms with Crippen LogP contribution < -0.4 is 10.6 Å². The predicted molar refractivity (Wildman–Crippen MR) is 130 cm³/mol. The third-order valence-corrected chi connectivity index (χ3v) is 5.75. The molecule has 2 fully saturated rings. The van der Waals surface area contributed by atoms with Gasteiger partial charge in [-0.3, -0.25) is 9.89 Å². The Balaban J connectivity index is 0.00000300. The highest BCUT2D eigenvalue weighted by Crippen LogP contribution is 2.25. The summed E-state index contributed by atoms with van der Waals surface area (Å²) in [6.45, 7) is 12.7. The van der Waals surface area contributed by atoms with Crippen molar-refractivity contribution in [3.8, 4) is 0 Å². The fourth-order valence-electron chi connectivity index (χ4n) is 4.10. The van der Waals surface area contributed by atoms with E-state index < -0.39 is 0 Å². The number of guanidine groups is 1. The zero-order valence-corrected chi connectivity index (χ0v) is 20.4. The summed E-state index contributed by atoms with van der Waals surface area (Å²) in [4.78, 5) is 12.4. The molecule has 0 spiro atoms. The first-order valence-corrected chi connectivity index (χ1v) is 11.0. The molecule has 1 aromatic heterocycles. The van der Waals surface area contributed by atoms with Crippen molar-refractivity contribution >= 4 is 29.9 Å². The molecular formula is C21H39IN6O. The van der Waals surface area contributed by atoms with Crippen molar-refractivity contribution in [3.05, 3.63) is 24.2 Å². The molecule has 29 heavy (non-hydrogen) atoms. The highest BCUT2D eigenvalue weighted by Gasteiger charge is 2.25. The Morgan fingerprint density at radius 3 is 2.66 bits per heavy atom. The first kappa shape index (κ1) is 24.4. The molecule has 0 aliphatic carbocycles. The number of likely N-dealkylation sites (tertiary alicyclic amines) is 1. The topological polar surface area (TPSA) is 59.3 Å². The van der Waals surface area contributed by atoms with E-state index in [1.807, 2.05) is 6.07 Å². The Morgan fingerprint density at radius 2 is 1.93 bits per heavy atom. The van der Waals surface area contributed by atoms with E-state index in [1.165, 1.54) is 32.4 Å². The van der Waals surface area contributed by atoms with Gasteiger partial charge in [-0.1, -0.05) is 0 Å². The number of likely N-dealkylation sites (N-methyl/N-ethyl adjacent to an activating group) is 1. The Labute approximate surface area is 193 Å². The van der Waals surface area contributed by atoms with Crippen LogP contribution in [0.15, 0.2) is 27.8 Å². The Hall–Kier alpha value is -0.840. The van der Waals surface area contributed by atoms with Crippen LogP contribution in [0.2, 0.25) is 0 Å². The summed E-state index contributed by atoms with van der Waals surface area (Å²) in [5, 5.41) is 6.92. The van der Waals surface area contributed by atoms with E-state index in [2.05, 4.69) is 45.4 Å². The van der Waals surface area contributed by atoms with Crippen molar-refractivity contribution in [1.82, 2.24) is 25.3 Å². The number of rotatable bonds is 8. The van der Waals surface area contributed by atoms with Crippen LogP contribution in [0, 0.1) is 0 Å². The van der Waals surface area contributed by atoms with Crippen molar-refractivity contribution in [2.24, 2.45) is 4.99 Å². The number of furan rings is 1. The van der Waals surface area contributed by atoms with Gasteiger partial charge in [-0.25, -0.2) is 0 Å². The highest BCUT2D eigenvalue weighted by molar-refractivity contribution is 14.0. The highest BCUT2D eigenvalue weighted by atomic mass is 127. The lowest BCUT2D eigenvalue weighted by molar-refractivity contribution is 0.221. The van der Waals surface area contributed by atoms with Crippen LogP contribution in [0.1, 0.15) is 38.0 Å². The van der Waals surface area contributed by atoms with Gasteiger partial charge in [0, 0.05) is 32.7 Å². The maximum atomic E-state index is 5.72. The van der Waals surface area contributed by atoms with E-state index in [9.17, 15) is 0 Å². The minimum absolute atomic E-state index is 0. The molecule has 2 aliphatic heterocycles. The maximum Gasteiger partial charge on any atom is 0.191 e. The van der Waals surface area contributed by atoms with E-state index >= 15 is 0 Å². The molecule has 3 heterocycles. The molecule has 2 saturated heterocycles. The summed E-state index contributed by atoms with van der Waals surface area (Å²) in [5.74, 6) is 1.93. The molecule has 166 valence electrons. The SMILES string of the molecule is CCNC(=NCC(c1ccco1)N1CCCC1)NCCN1CCCN(C)CC1.I. The van der Waals surface area contributed by atoms with Gasteiger partial charge < -0.3 is 24.9 Å². The molecule has 0 aromatic carbocycles. The minimum Gasteiger partial charge on any atom is -0.468 e. The number of halogens is 1. The lowest BCUT2D eigenvalue weighted by Gasteiger charge is -2.25. The van der Waals surface area contributed by atoms with Gasteiger partial charge in [0.25, 0.3) is 0 Å². The van der Waals surface area contributed by atoms with Crippen molar-refractivity contribution in [2.45, 2.75) is 32.2 Å². The van der Waals surface area contributed by atoms with Crippen LogP contribution in [-0.4, -0.2) is 93.2 Å². The third kappa shape index (κ3) is 8.07. The van der Waals surface area contributed by atoms with Gasteiger partial charge in [0.15, 0.2) is 5.96 Å². The summed E-state index contributed by atoms with van der Waals surface area (Å²) in [6.07, 6.45) is 5.56. The van der Waals surface area contributed by atoms with E-state index in [4.69, 9.17) is 9.41 Å². The molecule has 0 bridgehead atoms. The smallest absolute Gasteiger partial charge is 0.191 e. The second kappa shape index (κ2) is 13.5. The van der Waals surface area contributed by atoms with Gasteiger partial charge >= 0.3 is 0 Å². The molecule has 1 unspecified atom stereocenters. The number of aliphatic imine (C=N–C) groups is 1. The largest absolute Gasteiger partial charge is 0.468 e. The van der Waals surface area contributed by atoms with Crippen LogP contribution in [0.3, 0.4) is 0 Å². The van der Waals surface area contributed by atoms with Crippen molar-refractivity contribution < 1.29 is 4.42 Å². The molecule has 8 heteroatoms. The van der Waals surface area contributed by atoms with E-state index in [0.717, 1.165) is 64.1 Å². The Morgan fingerprint density at radius 1 is 1.10 bits per heavy atom. The first-order valence-electron chi connectivity index (χ1n) is 11.0.